The molecule has 7 nitrogen and oxygen atoms in total. The minimum absolute atomic E-state index is 0.0931. The van der Waals surface area contributed by atoms with Crippen molar-refractivity contribution in [3.05, 3.63) is 61.8 Å². The highest BCUT2D eigenvalue weighted by Crippen LogP contribution is 2.35. The minimum Gasteiger partial charge on any atom is -0.497 e. The van der Waals surface area contributed by atoms with Crippen molar-refractivity contribution < 1.29 is 9.53 Å². The Morgan fingerprint density at radius 2 is 1.58 bits per heavy atom. The molecule has 232 valence electrons. The Kier molecular flexibility index (Phi) is 14.3. The maximum absolute atomic E-state index is 13.5. The van der Waals surface area contributed by atoms with Crippen LogP contribution in [0.1, 0.15) is 107 Å². The van der Waals surface area contributed by atoms with Crippen molar-refractivity contribution in [1.29, 1.82) is 5.26 Å². The highest BCUT2D eigenvalue weighted by molar-refractivity contribution is 8.26. The Hall–Kier alpha value is -3.09. The van der Waals surface area contributed by atoms with E-state index in [9.17, 15) is 14.9 Å². The molecule has 2 heterocycles. The van der Waals surface area contributed by atoms with E-state index in [1.165, 1.54) is 63.1 Å². The van der Waals surface area contributed by atoms with Crippen LogP contribution in [0.2, 0.25) is 0 Å². The summed E-state index contributed by atoms with van der Waals surface area (Å²) < 4.78 is 7.44. The largest absolute Gasteiger partial charge is 0.497 e. The van der Waals surface area contributed by atoms with E-state index >= 15 is 0 Å². The van der Waals surface area contributed by atoms with E-state index in [0.717, 1.165) is 24.2 Å². The smallest absolute Gasteiger partial charge is 0.270 e. The van der Waals surface area contributed by atoms with E-state index in [1.54, 1.807) is 29.6 Å². The number of benzene rings is 1. The van der Waals surface area contributed by atoms with Crippen LogP contribution in [0.5, 0.6) is 5.75 Å². The fourth-order valence-corrected chi connectivity index (χ4v) is 6.59. The van der Waals surface area contributed by atoms with Crippen molar-refractivity contribution in [3.8, 4) is 11.8 Å². The van der Waals surface area contributed by atoms with E-state index in [1.807, 2.05) is 31.2 Å². The highest BCUT2D eigenvalue weighted by atomic mass is 32.2. The van der Waals surface area contributed by atoms with Gasteiger partial charge in [-0.2, -0.15) is 5.26 Å². The Balaban J connectivity index is 1.76. The SMILES string of the molecule is CCCCCCCCCCCCN1C(=O)/C(=C\c2c(C)c(C#N)c(=O)n(CCC)c2NCc2ccc(OC)cc2)SC1=S. The summed E-state index contributed by atoms with van der Waals surface area (Å²) in [6.07, 6.45) is 14.8. The Bertz CT molecular complexity index is 1380. The van der Waals surface area contributed by atoms with Gasteiger partial charge in [-0.25, -0.2) is 0 Å². The molecule has 0 aliphatic carbocycles. The molecule has 3 rings (SSSR count). The number of thioether (sulfide) groups is 1. The molecule has 1 saturated heterocycles. The normalized spacial score (nSPS) is 14.0. The van der Waals surface area contributed by atoms with Crippen LogP contribution in [0.25, 0.3) is 6.08 Å². The number of amides is 1. The van der Waals surface area contributed by atoms with Gasteiger partial charge >= 0.3 is 0 Å². The summed E-state index contributed by atoms with van der Waals surface area (Å²) in [5, 5.41) is 13.3. The lowest BCUT2D eigenvalue weighted by atomic mass is 10.0. The zero-order valence-electron chi connectivity index (χ0n) is 26.2. The van der Waals surface area contributed by atoms with Gasteiger partial charge in [0.15, 0.2) is 0 Å². The van der Waals surface area contributed by atoms with Crippen molar-refractivity contribution in [1.82, 2.24) is 9.47 Å². The quantitative estimate of drug-likeness (QED) is 0.102. The number of methoxy groups -OCH3 is 1. The van der Waals surface area contributed by atoms with Gasteiger partial charge in [0, 0.05) is 25.2 Å². The van der Waals surface area contributed by atoms with E-state index in [-0.39, 0.29) is 17.0 Å². The maximum Gasteiger partial charge on any atom is 0.270 e. The third-order valence-corrected chi connectivity index (χ3v) is 9.20. The molecule has 1 aromatic carbocycles. The molecular weight excluding hydrogens is 577 g/mol. The number of pyridine rings is 1. The third-order valence-electron chi connectivity index (χ3n) is 7.83. The lowest BCUT2D eigenvalue weighted by molar-refractivity contribution is -0.122. The zero-order chi connectivity index (χ0) is 31.2. The van der Waals surface area contributed by atoms with E-state index in [4.69, 9.17) is 17.0 Å². The molecular formula is C34H46N4O3S2. The highest BCUT2D eigenvalue weighted by Gasteiger charge is 2.32. The predicted octanol–water partition coefficient (Wildman–Crippen LogP) is 8.18. The average Bonchev–Trinajstić information content (AvgIpc) is 3.27. The summed E-state index contributed by atoms with van der Waals surface area (Å²) in [5.41, 5.74) is 1.99. The Labute approximate surface area is 266 Å². The van der Waals surface area contributed by atoms with Gasteiger partial charge < -0.3 is 10.1 Å². The number of nitriles is 1. The summed E-state index contributed by atoms with van der Waals surface area (Å²) in [6, 6.07) is 9.80. The van der Waals surface area contributed by atoms with Crippen LogP contribution < -0.4 is 15.6 Å². The first kappa shape index (κ1) is 34.4. The lowest BCUT2D eigenvalue weighted by Gasteiger charge is -2.20. The van der Waals surface area contributed by atoms with Crippen LogP contribution in [-0.4, -0.2) is 33.3 Å². The van der Waals surface area contributed by atoms with Crippen LogP contribution in [0.15, 0.2) is 34.0 Å². The minimum atomic E-state index is -0.329. The monoisotopic (exact) mass is 622 g/mol. The molecule has 1 aliphatic rings. The molecule has 1 aliphatic heterocycles. The second-order valence-corrected chi connectivity index (χ2v) is 12.7. The zero-order valence-corrected chi connectivity index (χ0v) is 27.8. The lowest BCUT2D eigenvalue weighted by Crippen LogP contribution is -2.29. The van der Waals surface area contributed by atoms with Gasteiger partial charge in [-0.15, -0.1) is 0 Å². The van der Waals surface area contributed by atoms with Gasteiger partial charge in [-0.05, 0) is 49.1 Å². The molecule has 9 heteroatoms. The molecule has 0 bridgehead atoms. The van der Waals surface area contributed by atoms with Crippen LogP contribution in [0.3, 0.4) is 0 Å². The van der Waals surface area contributed by atoms with Crippen molar-refractivity contribution in [3.63, 3.8) is 0 Å². The number of aromatic nitrogens is 1. The van der Waals surface area contributed by atoms with E-state index in [0.29, 0.717) is 52.2 Å². The molecule has 43 heavy (non-hydrogen) atoms. The summed E-state index contributed by atoms with van der Waals surface area (Å²) >= 11 is 6.90. The van der Waals surface area contributed by atoms with E-state index < -0.39 is 0 Å². The van der Waals surface area contributed by atoms with Gasteiger partial charge in [0.25, 0.3) is 11.5 Å². The number of anilines is 1. The molecule has 0 spiro atoms. The Morgan fingerprint density at radius 3 is 2.16 bits per heavy atom. The Morgan fingerprint density at radius 1 is 0.953 bits per heavy atom. The molecule has 1 fully saturated rings. The molecule has 1 aromatic heterocycles. The van der Waals surface area contributed by atoms with Gasteiger partial charge in [0.1, 0.15) is 27.5 Å². The maximum atomic E-state index is 13.5. The van der Waals surface area contributed by atoms with Crippen molar-refractivity contribution in [2.75, 3.05) is 19.0 Å². The fourth-order valence-electron chi connectivity index (χ4n) is 5.30. The molecule has 0 atom stereocenters. The number of thiocarbonyl (C=S) groups is 1. The first-order chi connectivity index (χ1) is 20.9. The van der Waals surface area contributed by atoms with E-state index in [2.05, 4.69) is 18.3 Å². The van der Waals surface area contributed by atoms with Gasteiger partial charge in [0.2, 0.25) is 0 Å². The standard InChI is InChI=1S/C34H46N4O3S2/c1-5-7-8-9-10-11-12-13-14-15-21-38-33(40)30(43-34(38)42)22-28-25(3)29(23-35)32(39)37(20-6-2)31(28)36-24-26-16-18-27(41-4)19-17-26/h16-19,22,36H,5-15,20-21,24H2,1-4H3/b30-22+. The number of nitrogens with zero attached hydrogens (tertiary/aromatic N) is 3. The number of carbonyl (C=O) groups excluding carboxylic acids is 1. The second-order valence-electron chi connectivity index (χ2n) is 11.0. The third kappa shape index (κ3) is 9.45. The number of nitrogens with one attached hydrogen (secondary N) is 1. The first-order valence-corrected chi connectivity index (χ1v) is 16.9. The molecule has 0 saturated carbocycles. The topological polar surface area (TPSA) is 87.4 Å². The van der Waals surface area contributed by atoms with Crippen LogP contribution in [0, 0.1) is 18.3 Å². The number of hydrogen-bond acceptors (Lipinski definition) is 7. The summed E-state index contributed by atoms with van der Waals surface area (Å²) in [5.74, 6) is 1.25. The first-order valence-electron chi connectivity index (χ1n) is 15.7. The second kappa shape index (κ2) is 17.9. The van der Waals surface area contributed by atoms with Crippen molar-refractivity contribution >= 4 is 46.1 Å². The molecule has 2 aromatic rings. The number of hydrogen-bond donors (Lipinski definition) is 1. The van der Waals surface area contributed by atoms with Crippen LogP contribution >= 0.6 is 24.0 Å². The van der Waals surface area contributed by atoms with Crippen molar-refractivity contribution in [2.24, 2.45) is 0 Å². The van der Waals surface area contributed by atoms with Crippen LogP contribution in [0.4, 0.5) is 5.82 Å². The summed E-state index contributed by atoms with van der Waals surface area (Å²) in [6.45, 7) is 7.51. The predicted molar refractivity (Wildman–Crippen MR) is 182 cm³/mol. The molecule has 0 unspecified atom stereocenters. The molecule has 1 amide bonds. The van der Waals surface area contributed by atoms with Gasteiger partial charge in [0.05, 0.1) is 12.0 Å². The number of carbonyl (C=O) groups is 1. The van der Waals surface area contributed by atoms with Gasteiger partial charge in [-0.3, -0.25) is 19.1 Å². The molecule has 1 N–H and O–H groups in total. The fraction of sp³-hybridized carbons (Fsp3) is 0.529. The summed E-state index contributed by atoms with van der Waals surface area (Å²) in [7, 11) is 1.63. The molecule has 0 radical (unpaired) electrons. The average molecular weight is 623 g/mol. The number of rotatable bonds is 18. The van der Waals surface area contributed by atoms with Crippen LogP contribution in [-0.2, 0) is 17.9 Å². The van der Waals surface area contributed by atoms with Crippen molar-refractivity contribution in [2.45, 2.75) is 104 Å². The van der Waals surface area contributed by atoms with Gasteiger partial charge in [-0.1, -0.05) is 108 Å². The number of ether oxygens (including phenoxy) is 1. The summed E-state index contributed by atoms with van der Waals surface area (Å²) in [4.78, 5) is 29.0. The number of unbranched alkanes of at least 4 members (excludes halogenated alkanes) is 9.